The fourth-order valence-corrected chi connectivity index (χ4v) is 2.55. The third-order valence-electron chi connectivity index (χ3n) is 2.99. The van der Waals surface area contributed by atoms with Crippen LogP contribution in [0, 0.1) is 0 Å². The van der Waals surface area contributed by atoms with E-state index in [4.69, 9.17) is 10.2 Å². The van der Waals surface area contributed by atoms with Gasteiger partial charge < -0.3 is 10.4 Å². The Morgan fingerprint density at radius 3 is 2.43 bits per heavy atom. The first-order valence-corrected chi connectivity index (χ1v) is 7.95. The molecule has 6 nitrogen and oxygen atoms in total. The fourth-order valence-electron chi connectivity index (χ4n) is 1.89. The highest BCUT2D eigenvalue weighted by Gasteiger charge is 2.13. The number of aliphatic hydroxyl groups excluding tert-OH is 1. The van der Waals surface area contributed by atoms with Crippen LogP contribution in [-0.4, -0.2) is 25.1 Å². The molecule has 0 bridgehead atoms. The number of nitrogens with two attached hydrogens (primary N) is 1. The van der Waals surface area contributed by atoms with E-state index < -0.39 is 10.0 Å². The molecule has 0 aliphatic rings. The fraction of sp³-hybridized carbons (Fsp3) is 0.214. The van der Waals surface area contributed by atoms with Gasteiger partial charge in [-0.3, -0.25) is 0 Å². The first kappa shape index (κ1) is 15.4. The quantitative estimate of drug-likeness (QED) is 0.734. The van der Waals surface area contributed by atoms with Crippen LogP contribution in [-0.2, 0) is 23.1 Å². The molecule has 0 saturated heterocycles. The predicted molar refractivity (Wildman–Crippen MR) is 80.2 cm³/mol. The van der Waals surface area contributed by atoms with E-state index in [0.717, 1.165) is 11.1 Å². The highest BCUT2D eigenvalue weighted by atomic mass is 32.2. The summed E-state index contributed by atoms with van der Waals surface area (Å²) in [6.45, 7) is 0.544. The van der Waals surface area contributed by atoms with Gasteiger partial charge in [0.1, 0.15) is 10.7 Å². The van der Waals surface area contributed by atoms with E-state index in [0.29, 0.717) is 13.0 Å². The Bertz CT molecular complexity index is 700. The van der Waals surface area contributed by atoms with Gasteiger partial charge in [-0.2, -0.15) is 0 Å². The van der Waals surface area contributed by atoms with Crippen LogP contribution >= 0.6 is 0 Å². The second-order valence-corrected chi connectivity index (χ2v) is 6.08. The van der Waals surface area contributed by atoms with Crippen molar-refractivity contribution in [2.24, 2.45) is 5.14 Å². The molecule has 7 heteroatoms. The lowest BCUT2D eigenvalue weighted by Gasteiger charge is -2.09. The minimum absolute atomic E-state index is 0.0133. The number of hydrogen-bond donors (Lipinski definition) is 3. The van der Waals surface area contributed by atoms with E-state index in [2.05, 4.69) is 10.3 Å². The third-order valence-corrected chi connectivity index (χ3v) is 3.93. The van der Waals surface area contributed by atoms with E-state index in [9.17, 15) is 8.42 Å². The number of nitrogens with one attached hydrogen (secondary N) is 1. The number of aliphatic hydroxyl groups is 1. The van der Waals surface area contributed by atoms with E-state index in [1.165, 1.54) is 18.3 Å². The minimum Gasteiger partial charge on any atom is -0.392 e. The highest BCUT2D eigenvalue weighted by Crippen LogP contribution is 2.16. The van der Waals surface area contributed by atoms with Gasteiger partial charge in [0.25, 0.3) is 0 Å². The van der Waals surface area contributed by atoms with Crippen molar-refractivity contribution < 1.29 is 13.5 Å². The molecule has 0 spiro atoms. The number of rotatable bonds is 6. The van der Waals surface area contributed by atoms with Crippen molar-refractivity contribution in [1.82, 2.24) is 4.98 Å². The first-order valence-electron chi connectivity index (χ1n) is 6.41. The molecule has 2 aromatic rings. The number of anilines is 1. The Balaban J connectivity index is 2.00. The molecule has 4 N–H and O–H groups in total. The molecule has 112 valence electrons. The van der Waals surface area contributed by atoms with E-state index in [1.54, 1.807) is 0 Å². The summed E-state index contributed by atoms with van der Waals surface area (Å²) in [5.41, 5.74) is 1.93. The molecule has 0 amide bonds. The van der Waals surface area contributed by atoms with Crippen LogP contribution in [0.3, 0.4) is 0 Å². The van der Waals surface area contributed by atoms with Crippen molar-refractivity contribution >= 4 is 15.8 Å². The molecular weight excluding hydrogens is 290 g/mol. The summed E-state index contributed by atoms with van der Waals surface area (Å²) in [6, 6.07) is 10.5. The lowest BCUT2D eigenvalue weighted by Crippen LogP contribution is -2.16. The number of pyridine rings is 1. The van der Waals surface area contributed by atoms with Gasteiger partial charge in [0, 0.05) is 12.7 Å². The van der Waals surface area contributed by atoms with Crippen LogP contribution in [0.5, 0.6) is 0 Å². The van der Waals surface area contributed by atoms with Crippen LogP contribution in [0.15, 0.2) is 47.5 Å². The standard InChI is InChI=1S/C14H17N3O3S/c15-21(19,20)13-2-1-8-16-14(13)17-9-7-11-3-5-12(10-18)6-4-11/h1-6,8,18H,7,9-10H2,(H,16,17)(H2,15,19,20). The lowest BCUT2D eigenvalue weighted by molar-refractivity contribution is 0.282. The smallest absolute Gasteiger partial charge is 0.241 e. The maximum absolute atomic E-state index is 11.4. The number of primary sulfonamides is 1. The van der Waals surface area contributed by atoms with Gasteiger partial charge in [0.2, 0.25) is 10.0 Å². The number of aromatic nitrogens is 1. The van der Waals surface area contributed by atoms with Crippen molar-refractivity contribution in [2.75, 3.05) is 11.9 Å². The van der Waals surface area contributed by atoms with E-state index in [-0.39, 0.29) is 17.3 Å². The topological polar surface area (TPSA) is 105 Å². The second-order valence-electron chi connectivity index (χ2n) is 4.55. The molecule has 0 aliphatic heterocycles. The SMILES string of the molecule is NS(=O)(=O)c1cccnc1NCCc1ccc(CO)cc1. The Kier molecular flexibility index (Phi) is 4.89. The Hall–Kier alpha value is -1.96. The van der Waals surface area contributed by atoms with Crippen molar-refractivity contribution in [1.29, 1.82) is 0 Å². The van der Waals surface area contributed by atoms with Crippen LogP contribution in [0.4, 0.5) is 5.82 Å². The van der Waals surface area contributed by atoms with Gasteiger partial charge in [-0.15, -0.1) is 0 Å². The van der Waals surface area contributed by atoms with Gasteiger partial charge in [-0.05, 0) is 29.7 Å². The van der Waals surface area contributed by atoms with Crippen LogP contribution < -0.4 is 10.5 Å². The molecule has 0 fully saturated rings. The molecule has 0 radical (unpaired) electrons. The third kappa shape index (κ3) is 4.25. The molecular formula is C14H17N3O3S. The van der Waals surface area contributed by atoms with E-state index >= 15 is 0 Å². The molecule has 0 saturated carbocycles. The maximum atomic E-state index is 11.4. The van der Waals surface area contributed by atoms with Crippen LogP contribution in [0.2, 0.25) is 0 Å². The number of nitrogens with zero attached hydrogens (tertiary/aromatic N) is 1. The molecule has 1 heterocycles. The second kappa shape index (κ2) is 6.66. The van der Waals surface area contributed by atoms with E-state index in [1.807, 2.05) is 24.3 Å². The molecule has 1 aromatic carbocycles. The molecule has 1 aromatic heterocycles. The monoisotopic (exact) mass is 307 g/mol. The van der Waals surface area contributed by atoms with Crippen molar-refractivity contribution in [3.8, 4) is 0 Å². The summed E-state index contributed by atoms with van der Waals surface area (Å²) in [5, 5.41) is 17.1. The predicted octanol–water partition coefficient (Wildman–Crippen LogP) is 0.876. The zero-order valence-electron chi connectivity index (χ0n) is 11.4. The summed E-state index contributed by atoms with van der Waals surface area (Å²) >= 11 is 0. The minimum atomic E-state index is -3.79. The normalized spacial score (nSPS) is 11.3. The average Bonchev–Trinajstić information content (AvgIpc) is 2.47. The number of hydrogen-bond acceptors (Lipinski definition) is 5. The lowest BCUT2D eigenvalue weighted by atomic mass is 10.1. The summed E-state index contributed by atoms with van der Waals surface area (Å²) in [5.74, 6) is 0.256. The zero-order valence-corrected chi connectivity index (χ0v) is 12.2. The van der Waals surface area contributed by atoms with Crippen molar-refractivity contribution in [2.45, 2.75) is 17.9 Å². The number of benzene rings is 1. The van der Waals surface area contributed by atoms with Gasteiger partial charge in [0.15, 0.2) is 0 Å². The molecule has 0 unspecified atom stereocenters. The number of sulfonamides is 1. The van der Waals surface area contributed by atoms with Gasteiger partial charge >= 0.3 is 0 Å². The highest BCUT2D eigenvalue weighted by molar-refractivity contribution is 7.89. The molecule has 2 rings (SSSR count). The zero-order chi connectivity index (χ0) is 15.3. The Morgan fingerprint density at radius 1 is 1.14 bits per heavy atom. The summed E-state index contributed by atoms with van der Waals surface area (Å²) in [7, 11) is -3.79. The summed E-state index contributed by atoms with van der Waals surface area (Å²) in [6.07, 6.45) is 2.21. The summed E-state index contributed by atoms with van der Waals surface area (Å²) < 4.78 is 22.9. The molecule has 21 heavy (non-hydrogen) atoms. The van der Waals surface area contributed by atoms with Gasteiger partial charge in [-0.1, -0.05) is 24.3 Å². The van der Waals surface area contributed by atoms with Crippen molar-refractivity contribution in [3.63, 3.8) is 0 Å². The first-order chi connectivity index (χ1) is 10.0. The molecule has 0 aliphatic carbocycles. The van der Waals surface area contributed by atoms with Gasteiger partial charge in [0.05, 0.1) is 6.61 Å². The average molecular weight is 307 g/mol. The largest absolute Gasteiger partial charge is 0.392 e. The van der Waals surface area contributed by atoms with Crippen LogP contribution in [0.25, 0.3) is 0 Å². The van der Waals surface area contributed by atoms with Crippen LogP contribution in [0.1, 0.15) is 11.1 Å². The molecule has 0 atom stereocenters. The maximum Gasteiger partial charge on any atom is 0.241 e. The Morgan fingerprint density at radius 2 is 1.81 bits per heavy atom. The van der Waals surface area contributed by atoms with Crippen molar-refractivity contribution in [3.05, 3.63) is 53.7 Å². The summed E-state index contributed by atoms with van der Waals surface area (Å²) in [4.78, 5) is 3.99. The Labute approximate surface area is 123 Å². The van der Waals surface area contributed by atoms with Gasteiger partial charge in [-0.25, -0.2) is 18.5 Å².